The molecule has 4 nitrogen and oxygen atoms in total. The van der Waals surface area contributed by atoms with Gasteiger partial charge in [0.25, 0.3) is 5.24 Å². The Kier molecular flexibility index (Phi) is 3.98. The molecule has 6 heteroatoms. The third kappa shape index (κ3) is 3.11. The molecule has 1 fully saturated rings. The maximum absolute atomic E-state index is 11.7. The molecule has 1 N–H and O–H groups in total. The highest BCUT2D eigenvalue weighted by Gasteiger charge is 2.32. The number of hydrogen-bond acceptors (Lipinski definition) is 5. The highest BCUT2D eigenvalue weighted by Crippen LogP contribution is 2.30. The Balaban J connectivity index is 1.70. The van der Waals surface area contributed by atoms with Crippen molar-refractivity contribution in [1.82, 2.24) is 5.32 Å². The van der Waals surface area contributed by atoms with Crippen LogP contribution in [0.5, 0.6) is 5.75 Å². The number of carbonyl (C=O) groups excluding carboxylic acids is 2. The number of nitrogens with one attached hydrogen (secondary N) is 1. The zero-order valence-electron chi connectivity index (χ0n) is 11.2. The minimum absolute atomic E-state index is 0.0146. The molecule has 0 saturated carbocycles. The van der Waals surface area contributed by atoms with Gasteiger partial charge in [-0.25, -0.2) is 0 Å². The minimum atomic E-state index is -0.550. The summed E-state index contributed by atoms with van der Waals surface area (Å²) < 4.78 is 5.86. The highest BCUT2D eigenvalue weighted by molar-refractivity contribution is 8.26. The molecule has 1 saturated heterocycles. The second-order valence-electron chi connectivity index (χ2n) is 4.63. The fourth-order valence-corrected chi connectivity index (χ4v) is 3.48. The van der Waals surface area contributed by atoms with E-state index in [2.05, 4.69) is 5.32 Å². The van der Waals surface area contributed by atoms with E-state index in [0.717, 1.165) is 28.0 Å². The van der Waals surface area contributed by atoms with Crippen molar-refractivity contribution in [2.75, 3.05) is 0 Å². The molecular formula is C15H13NO3S2. The highest BCUT2D eigenvalue weighted by atomic mass is 32.2. The van der Waals surface area contributed by atoms with Crippen LogP contribution in [0.1, 0.15) is 29.5 Å². The summed E-state index contributed by atoms with van der Waals surface area (Å²) in [5, 5.41) is 4.20. The van der Waals surface area contributed by atoms with E-state index in [0.29, 0.717) is 0 Å². The van der Waals surface area contributed by atoms with Gasteiger partial charge < -0.3 is 10.1 Å². The third-order valence-corrected chi connectivity index (χ3v) is 4.93. The van der Waals surface area contributed by atoms with Crippen molar-refractivity contribution in [2.24, 2.45) is 0 Å². The van der Waals surface area contributed by atoms with E-state index in [4.69, 9.17) is 4.74 Å². The lowest BCUT2D eigenvalue weighted by molar-refractivity contribution is -0.112. The average Bonchev–Trinajstić information content (AvgIpc) is 3.09. The number of rotatable bonds is 4. The number of thiophene rings is 1. The van der Waals surface area contributed by atoms with Gasteiger partial charge >= 0.3 is 0 Å². The minimum Gasteiger partial charge on any atom is -0.485 e. The summed E-state index contributed by atoms with van der Waals surface area (Å²) in [6.07, 6.45) is -0.0146. The number of hydrogen-bond donors (Lipinski definition) is 1. The quantitative estimate of drug-likeness (QED) is 0.928. The third-order valence-electron chi connectivity index (χ3n) is 3.16. The number of thioether (sulfide) groups is 1. The molecule has 108 valence electrons. The van der Waals surface area contributed by atoms with Gasteiger partial charge in [0.05, 0.1) is 0 Å². The van der Waals surface area contributed by atoms with Crippen LogP contribution in [0.25, 0.3) is 0 Å². The normalized spacial score (nSPS) is 19.4. The number of carbonyl (C=O) groups is 2. The van der Waals surface area contributed by atoms with E-state index in [1.54, 1.807) is 11.3 Å². The Labute approximate surface area is 130 Å². The molecule has 1 aliphatic rings. The smallest absolute Gasteiger partial charge is 0.287 e. The topological polar surface area (TPSA) is 55.4 Å². The average molecular weight is 319 g/mol. The molecule has 2 atom stereocenters. The monoisotopic (exact) mass is 319 g/mol. The number of benzene rings is 1. The van der Waals surface area contributed by atoms with Crippen molar-refractivity contribution in [3.05, 3.63) is 52.2 Å². The molecular weight excluding hydrogens is 306 g/mol. The van der Waals surface area contributed by atoms with E-state index in [-0.39, 0.29) is 16.5 Å². The van der Waals surface area contributed by atoms with Gasteiger partial charge in [-0.3, -0.25) is 9.59 Å². The Morgan fingerprint density at radius 3 is 2.52 bits per heavy atom. The van der Waals surface area contributed by atoms with E-state index in [1.807, 2.05) is 48.7 Å². The van der Waals surface area contributed by atoms with Crippen molar-refractivity contribution in [2.45, 2.75) is 19.1 Å². The lowest BCUT2D eigenvalue weighted by atomic mass is 10.1. The standard InChI is InChI=1S/C15H13NO3S2/c1-9(12-3-2-8-20-12)19-11-6-4-10(5-7-11)13-14(17)21-15(18)16-13/h2-9,13H,1H3,(H,16,18). The van der Waals surface area contributed by atoms with Crippen LogP contribution in [0.4, 0.5) is 4.79 Å². The van der Waals surface area contributed by atoms with Crippen molar-refractivity contribution < 1.29 is 14.3 Å². The summed E-state index contributed by atoms with van der Waals surface area (Å²) in [4.78, 5) is 24.0. The van der Waals surface area contributed by atoms with Crippen molar-refractivity contribution in [3.8, 4) is 5.75 Å². The molecule has 0 radical (unpaired) electrons. The zero-order chi connectivity index (χ0) is 14.8. The molecule has 2 heterocycles. The molecule has 2 aromatic rings. The second-order valence-corrected chi connectivity index (χ2v) is 6.59. The van der Waals surface area contributed by atoms with Crippen LogP contribution in [0.2, 0.25) is 0 Å². The summed E-state index contributed by atoms with van der Waals surface area (Å²) in [5.41, 5.74) is 0.773. The van der Waals surface area contributed by atoms with Crippen molar-refractivity contribution >= 4 is 33.5 Å². The first kappa shape index (κ1) is 14.2. The van der Waals surface area contributed by atoms with Gasteiger partial charge in [0.15, 0.2) is 0 Å². The zero-order valence-corrected chi connectivity index (χ0v) is 12.9. The van der Waals surface area contributed by atoms with Gasteiger partial charge in [-0.1, -0.05) is 18.2 Å². The summed E-state index contributed by atoms with van der Waals surface area (Å²) >= 11 is 2.37. The number of ether oxygens (including phenoxy) is 1. The van der Waals surface area contributed by atoms with E-state index in [9.17, 15) is 9.59 Å². The van der Waals surface area contributed by atoms with E-state index < -0.39 is 6.04 Å². The fourth-order valence-electron chi connectivity index (χ4n) is 2.10. The predicted molar refractivity (Wildman–Crippen MR) is 83.7 cm³/mol. The molecule has 1 aromatic carbocycles. The SMILES string of the molecule is CC(Oc1ccc(C2NC(=O)SC2=O)cc1)c1cccs1. The molecule has 1 aliphatic heterocycles. The molecule has 0 bridgehead atoms. The van der Waals surface area contributed by atoms with Crippen LogP contribution in [0, 0.1) is 0 Å². The van der Waals surface area contributed by atoms with Crippen molar-refractivity contribution in [3.63, 3.8) is 0 Å². The molecule has 2 unspecified atom stereocenters. The summed E-state index contributed by atoms with van der Waals surface area (Å²) in [6.45, 7) is 2.00. The van der Waals surface area contributed by atoms with Crippen LogP contribution >= 0.6 is 23.1 Å². The van der Waals surface area contributed by atoms with Crippen LogP contribution in [0.15, 0.2) is 41.8 Å². The molecule has 3 rings (SSSR count). The number of amides is 1. The van der Waals surface area contributed by atoms with Gasteiger partial charge in [-0.05, 0) is 36.1 Å². The maximum Gasteiger partial charge on any atom is 0.287 e. The van der Waals surface area contributed by atoms with Gasteiger partial charge in [-0.15, -0.1) is 11.3 Å². The van der Waals surface area contributed by atoms with Crippen LogP contribution in [-0.2, 0) is 4.79 Å². The molecule has 21 heavy (non-hydrogen) atoms. The largest absolute Gasteiger partial charge is 0.485 e. The van der Waals surface area contributed by atoms with Gasteiger partial charge in [-0.2, -0.15) is 0 Å². The molecule has 1 amide bonds. The predicted octanol–water partition coefficient (Wildman–Crippen LogP) is 3.91. The van der Waals surface area contributed by atoms with Gasteiger partial charge in [0, 0.05) is 16.6 Å². The van der Waals surface area contributed by atoms with E-state index in [1.165, 1.54) is 0 Å². The first-order valence-electron chi connectivity index (χ1n) is 6.45. The molecule has 0 aliphatic carbocycles. The van der Waals surface area contributed by atoms with Crippen LogP contribution in [0.3, 0.4) is 0 Å². The van der Waals surface area contributed by atoms with Crippen LogP contribution in [-0.4, -0.2) is 10.4 Å². The Morgan fingerprint density at radius 2 is 1.95 bits per heavy atom. The van der Waals surface area contributed by atoms with Crippen molar-refractivity contribution in [1.29, 1.82) is 0 Å². The van der Waals surface area contributed by atoms with Gasteiger partial charge in [0.2, 0.25) is 5.12 Å². The Morgan fingerprint density at radius 1 is 1.19 bits per heavy atom. The second kappa shape index (κ2) is 5.91. The summed E-state index contributed by atoms with van der Waals surface area (Å²) in [6, 6.07) is 10.7. The Bertz CT molecular complexity index is 652. The van der Waals surface area contributed by atoms with Gasteiger partial charge in [0.1, 0.15) is 17.9 Å². The first-order chi connectivity index (χ1) is 10.1. The molecule has 1 aromatic heterocycles. The lowest BCUT2D eigenvalue weighted by Crippen LogP contribution is -2.19. The fraction of sp³-hybridized carbons (Fsp3) is 0.200. The van der Waals surface area contributed by atoms with E-state index >= 15 is 0 Å². The summed E-state index contributed by atoms with van der Waals surface area (Å²) in [5.74, 6) is 0.740. The van der Waals surface area contributed by atoms with Crippen LogP contribution < -0.4 is 10.1 Å². The Hall–Kier alpha value is -1.79. The summed E-state index contributed by atoms with van der Waals surface area (Å²) in [7, 11) is 0. The maximum atomic E-state index is 11.7. The first-order valence-corrected chi connectivity index (χ1v) is 8.15. The lowest BCUT2D eigenvalue weighted by Gasteiger charge is -2.14. The molecule has 0 spiro atoms.